The molecule has 0 N–H and O–H groups in total. The fourth-order valence-corrected chi connectivity index (χ4v) is 3.86. The molecule has 0 spiro atoms. The van der Waals surface area contributed by atoms with Gasteiger partial charge in [0.25, 0.3) is 5.91 Å². The number of rotatable bonds is 3. The summed E-state index contributed by atoms with van der Waals surface area (Å²) < 4.78 is 14.0. The molecule has 140 valence electrons. The van der Waals surface area contributed by atoms with Crippen LogP contribution in [0.4, 0.5) is 10.1 Å². The first kappa shape index (κ1) is 17.5. The van der Waals surface area contributed by atoms with Crippen molar-refractivity contribution in [1.29, 1.82) is 0 Å². The number of hydrogen-bond acceptors (Lipinski definition) is 3. The van der Waals surface area contributed by atoms with E-state index >= 15 is 0 Å². The normalized spacial score (nSPS) is 17.9. The summed E-state index contributed by atoms with van der Waals surface area (Å²) in [5, 5.41) is 0. The van der Waals surface area contributed by atoms with Gasteiger partial charge in [-0.25, -0.2) is 4.39 Å². The second-order valence-electron chi connectivity index (χ2n) is 7.03. The number of fused-ring (bicyclic) bond motifs is 1. The molecule has 2 aliphatic rings. The van der Waals surface area contributed by atoms with Crippen molar-refractivity contribution in [1.82, 2.24) is 9.80 Å². The van der Waals surface area contributed by atoms with Crippen molar-refractivity contribution in [3.8, 4) is 0 Å². The highest BCUT2D eigenvalue weighted by molar-refractivity contribution is 6.01. The van der Waals surface area contributed by atoms with Gasteiger partial charge in [0.1, 0.15) is 11.9 Å². The van der Waals surface area contributed by atoms with Gasteiger partial charge in [-0.05, 0) is 30.7 Å². The van der Waals surface area contributed by atoms with Crippen LogP contribution in [0, 0.1) is 5.82 Å². The number of carbonyl (C=O) groups is 2. The van der Waals surface area contributed by atoms with Gasteiger partial charge in [-0.1, -0.05) is 30.3 Å². The molecule has 2 aliphatic heterocycles. The molecule has 27 heavy (non-hydrogen) atoms. The molecule has 1 saturated heterocycles. The van der Waals surface area contributed by atoms with Gasteiger partial charge >= 0.3 is 0 Å². The van der Waals surface area contributed by atoms with Gasteiger partial charge in [0.2, 0.25) is 5.91 Å². The van der Waals surface area contributed by atoms with E-state index in [1.165, 1.54) is 6.07 Å². The van der Waals surface area contributed by atoms with Crippen LogP contribution in [0.3, 0.4) is 0 Å². The van der Waals surface area contributed by atoms with Gasteiger partial charge in [-0.2, -0.15) is 0 Å². The summed E-state index contributed by atoms with van der Waals surface area (Å²) in [6, 6.07) is 13.7. The van der Waals surface area contributed by atoms with Crippen LogP contribution >= 0.6 is 0 Å². The smallest absolute Gasteiger partial charge is 0.255 e. The second-order valence-corrected chi connectivity index (χ2v) is 7.03. The summed E-state index contributed by atoms with van der Waals surface area (Å²) >= 11 is 0. The fraction of sp³-hybridized carbons (Fsp3) is 0.333. The van der Waals surface area contributed by atoms with E-state index in [-0.39, 0.29) is 17.6 Å². The Morgan fingerprint density at radius 1 is 1.00 bits per heavy atom. The van der Waals surface area contributed by atoms with E-state index < -0.39 is 6.04 Å². The van der Waals surface area contributed by atoms with E-state index in [4.69, 9.17) is 0 Å². The fourth-order valence-electron chi connectivity index (χ4n) is 3.86. The zero-order chi connectivity index (χ0) is 19.0. The van der Waals surface area contributed by atoms with E-state index in [9.17, 15) is 14.0 Å². The van der Waals surface area contributed by atoms with E-state index in [0.717, 1.165) is 5.56 Å². The Labute approximate surface area is 158 Å². The van der Waals surface area contributed by atoms with Crippen molar-refractivity contribution in [2.45, 2.75) is 19.5 Å². The van der Waals surface area contributed by atoms with Gasteiger partial charge < -0.3 is 14.7 Å². The monoisotopic (exact) mass is 367 g/mol. The SMILES string of the molecule is C[C@@H](C(=O)N1CCN(c2ccccc2F)CC1)N1Cc2ccccc2C1=O. The van der Waals surface area contributed by atoms with Crippen LogP contribution in [0.5, 0.6) is 0 Å². The van der Waals surface area contributed by atoms with Crippen LogP contribution in [0.2, 0.25) is 0 Å². The first-order valence-corrected chi connectivity index (χ1v) is 9.23. The van der Waals surface area contributed by atoms with Crippen molar-refractivity contribution >= 4 is 17.5 Å². The summed E-state index contributed by atoms with van der Waals surface area (Å²) in [6.45, 7) is 4.45. The zero-order valence-electron chi connectivity index (χ0n) is 15.3. The number of hydrogen-bond donors (Lipinski definition) is 0. The molecular formula is C21H22FN3O2. The third-order valence-electron chi connectivity index (χ3n) is 5.46. The van der Waals surface area contributed by atoms with Crippen LogP contribution < -0.4 is 4.90 Å². The molecule has 4 rings (SSSR count). The van der Waals surface area contributed by atoms with Crippen LogP contribution in [-0.4, -0.2) is 53.8 Å². The quantitative estimate of drug-likeness (QED) is 0.837. The molecule has 0 radical (unpaired) electrons. The molecule has 6 heteroatoms. The maximum Gasteiger partial charge on any atom is 0.255 e. The van der Waals surface area contributed by atoms with Crippen molar-refractivity contribution in [3.05, 3.63) is 65.5 Å². The molecule has 2 aromatic rings. The van der Waals surface area contributed by atoms with E-state index in [0.29, 0.717) is 44.0 Å². The maximum atomic E-state index is 14.0. The molecular weight excluding hydrogens is 345 g/mol. The van der Waals surface area contributed by atoms with Crippen molar-refractivity contribution in [3.63, 3.8) is 0 Å². The van der Waals surface area contributed by atoms with Crippen molar-refractivity contribution < 1.29 is 14.0 Å². The van der Waals surface area contributed by atoms with Gasteiger partial charge in [-0.3, -0.25) is 9.59 Å². The Balaban J connectivity index is 1.40. The third-order valence-corrected chi connectivity index (χ3v) is 5.46. The summed E-state index contributed by atoms with van der Waals surface area (Å²) in [5.74, 6) is -0.383. The number of amides is 2. The van der Waals surface area contributed by atoms with Gasteiger partial charge in [0.05, 0.1) is 5.69 Å². The molecule has 0 saturated carbocycles. The van der Waals surface area contributed by atoms with E-state index in [2.05, 4.69) is 0 Å². The number of anilines is 1. The Kier molecular flexibility index (Phi) is 4.56. The lowest BCUT2D eigenvalue weighted by atomic mass is 10.1. The van der Waals surface area contributed by atoms with Crippen LogP contribution in [0.15, 0.2) is 48.5 Å². The molecule has 0 aromatic heterocycles. The van der Waals surface area contributed by atoms with Crippen molar-refractivity contribution in [2.24, 2.45) is 0 Å². The Morgan fingerprint density at radius 3 is 2.37 bits per heavy atom. The molecule has 0 bridgehead atoms. The average Bonchev–Trinajstić information content (AvgIpc) is 3.04. The summed E-state index contributed by atoms with van der Waals surface area (Å²) in [5.41, 5.74) is 2.22. The molecule has 2 aromatic carbocycles. The minimum atomic E-state index is -0.509. The van der Waals surface area contributed by atoms with Crippen LogP contribution in [0.1, 0.15) is 22.8 Å². The highest BCUT2D eigenvalue weighted by atomic mass is 19.1. The lowest BCUT2D eigenvalue weighted by Gasteiger charge is -2.38. The molecule has 2 heterocycles. The number of benzene rings is 2. The molecule has 1 fully saturated rings. The first-order chi connectivity index (χ1) is 13.1. The lowest BCUT2D eigenvalue weighted by Crippen LogP contribution is -2.54. The Hall–Kier alpha value is -2.89. The summed E-state index contributed by atoms with van der Waals surface area (Å²) in [6.07, 6.45) is 0. The first-order valence-electron chi connectivity index (χ1n) is 9.23. The Morgan fingerprint density at radius 2 is 1.67 bits per heavy atom. The number of para-hydroxylation sites is 1. The predicted molar refractivity (Wildman–Crippen MR) is 101 cm³/mol. The van der Waals surface area contributed by atoms with Gasteiger partial charge in [-0.15, -0.1) is 0 Å². The number of halogens is 1. The standard InChI is InChI=1S/C21H22FN3O2/c1-15(25-14-16-6-2-3-7-17(16)21(25)27)20(26)24-12-10-23(11-13-24)19-9-5-4-8-18(19)22/h2-9,15H,10-14H2,1H3/t15-/m0/s1. The van der Waals surface area contributed by atoms with Crippen LogP contribution in [-0.2, 0) is 11.3 Å². The maximum absolute atomic E-state index is 14.0. The molecule has 2 amide bonds. The lowest BCUT2D eigenvalue weighted by molar-refractivity contribution is -0.136. The number of carbonyl (C=O) groups excluding carboxylic acids is 2. The molecule has 0 unspecified atom stereocenters. The Bertz CT molecular complexity index is 877. The van der Waals surface area contributed by atoms with Crippen molar-refractivity contribution in [2.75, 3.05) is 31.1 Å². The zero-order valence-corrected chi connectivity index (χ0v) is 15.3. The average molecular weight is 367 g/mol. The third kappa shape index (κ3) is 3.16. The minimum Gasteiger partial charge on any atom is -0.366 e. The highest BCUT2D eigenvalue weighted by Crippen LogP contribution is 2.26. The summed E-state index contributed by atoms with van der Waals surface area (Å²) in [4.78, 5) is 30.9. The van der Waals surface area contributed by atoms with Gasteiger partial charge in [0.15, 0.2) is 0 Å². The predicted octanol–water partition coefficient (Wildman–Crippen LogP) is 2.52. The van der Waals surface area contributed by atoms with E-state index in [1.807, 2.05) is 35.2 Å². The topological polar surface area (TPSA) is 43.9 Å². The number of nitrogens with zero attached hydrogens (tertiary/aromatic N) is 3. The molecule has 1 atom stereocenters. The second kappa shape index (κ2) is 7.02. The van der Waals surface area contributed by atoms with Gasteiger partial charge in [0, 0.05) is 38.3 Å². The van der Waals surface area contributed by atoms with Crippen LogP contribution in [0.25, 0.3) is 0 Å². The van der Waals surface area contributed by atoms with E-state index in [1.54, 1.807) is 28.9 Å². The number of piperazine rings is 1. The summed E-state index contributed by atoms with van der Waals surface area (Å²) in [7, 11) is 0. The molecule has 0 aliphatic carbocycles. The largest absolute Gasteiger partial charge is 0.366 e. The highest BCUT2D eigenvalue weighted by Gasteiger charge is 2.36. The molecule has 5 nitrogen and oxygen atoms in total. The minimum absolute atomic E-state index is 0.0515.